The van der Waals surface area contributed by atoms with Crippen molar-refractivity contribution < 1.29 is 19.0 Å². The Morgan fingerprint density at radius 3 is 1.89 bits per heavy atom. The van der Waals surface area contributed by atoms with Crippen LogP contribution in [0.5, 0.6) is 17.2 Å². The zero-order valence-corrected chi connectivity index (χ0v) is 16.0. The predicted octanol–water partition coefficient (Wildman–Crippen LogP) is 4.93. The smallest absolute Gasteiger partial charge is 0.185 e. The summed E-state index contributed by atoms with van der Waals surface area (Å²) in [4.78, 5) is 13.0. The topological polar surface area (TPSA) is 44.8 Å². The van der Waals surface area contributed by atoms with Crippen molar-refractivity contribution in [2.45, 2.75) is 19.3 Å². The molecule has 0 unspecified atom stereocenters. The predicted molar refractivity (Wildman–Crippen MR) is 107 cm³/mol. The number of methoxy groups -OCH3 is 3. The van der Waals surface area contributed by atoms with Crippen molar-refractivity contribution in [3.05, 3.63) is 64.7 Å². The van der Waals surface area contributed by atoms with Crippen molar-refractivity contribution >= 4 is 17.9 Å². The average Bonchev–Trinajstić information content (AvgIpc) is 2.70. The minimum Gasteiger partial charge on any atom is -0.497 e. The van der Waals surface area contributed by atoms with Crippen LogP contribution in [0.15, 0.2) is 53.6 Å². The molecule has 0 atom stereocenters. The highest BCUT2D eigenvalue weighted by molar-refractivity contribution is 6.14. The number of benzene rings is 2. The van der Waals surface area contributed by atoms with Gasteiger partial charge >= 0.3 is 0 Å². The lowest BCUT2D eigenvalue weighted by Crippen LogP contribution is -2.12. The van der Waals surface area contributed by atoms with Gasteiger partial charge in [0.05, 0.1) is 21.3 Å². The fraction of sp³-hybridized carbons (Fsp3) is 0.261. The molecule has 0 amide bonds. The maximum absolute atomic E-state index is 13.0. The van der Waals surface area contributed by atoms with E-state index < -0.39 is 0 Å². The van der Waals surface area contributed by atoms with Crippen LogP contribution in [0, 0.1) is 0 Å². The van der Waals surface area contributed by atoms with Crippen LogP contribution in [0.3, 0.4) is 0 Å². The average molecular weight is 364 g/mol. The summed E-state index contributed by atoms with van der Waals surface area (Å²) < 4.78 is 15.9. The van der Waals surface area contributed by atoms with E-state index in [9.17, 15) is 4.79 Å². The second kappa shape index (κ2) is 8.58. The fourth-order valence-corrected chi connectivity index (χ4v) is 3.22. The molecular formula is C23H24O4. The SMILES string of the molecule is COc1cccc(/C=C2\CCC/C(=C\c3cc(OC)cc(OC)c3)C2=O)c1. The molecule has 0 aliphatic heterocycles. The van der Waals surface area contributed by atoms with Gasteiger partial charge in [0.2, 0.25) is 0 Å². The third-order valence-corrected chi connectivity index (χ3v) is 4.62. The molecule has 1 aliphatic rings. The molecule has 1 fully saturated rings. The van der Waals surface area contributed by atoms with E-state index in [4.69, 9.17) is 14.2 Å². The van der Waals surface area contributed by atoms with E-state index in [1.807, 2.05) is 54.6 Å². The van der Waals surface area contributed by atoms with Gasteiger partial charge in [-0.05, 0) is 66.8 Å². The summed E-state index contributed by atoms with van der Waals surface area (Å²) in [5.74, 6) is 2.30. The van der Waals surface area contributed by atoms with Crippen LogP contribution in [0.4, 0.5) is 0 Å². The summed E-state index contributed by atoms with van der Waals surface area (Å²) in [7, 11) is 4.88. The van der Waals surface area contributed by atoms with Crippen LogP contribution in [0.2, 0.25) is 0 Å². The summed E-state index contributed by atoms with van der Waals surface area (Å²) in [6.45, 7) is 0. The van der Waals surface area contributed by atoms with Gasteiger partial charge in [-0.15, -0.1) is 0 Å². The van der Waals surface area contributed by atoms with Crippen LogP contribution < -0.4 is 14.2 Å². The largest absolute Gasteiger partial charge is 0.497 e. The molecule has 140 valence electrons. The lowest BCUT2D eigenvalue weighted by Gasteiger charge is -2.17. The Morgan fingerprint density at radius 1 is 0.741 bits per heavy atom. The molecule has 1 aliphatic carbocycles. The molecule has 27 heavy (non-hydrogen) atoms. The molecule has 2 aromatic carbocycles. The highest BCUT2D eigenvalue weighted by Gasteiger charge is 2.20. The fourth-order valence-electron chi connectivity index (χ4n) is 3.22. The first-order valence-electron chi connectivity index (χ1n) is 8.96. The molecule has 4 nitrogen and oxygen atoms in total. The summed E-state index contributed by atoms with van der Waals surface area (Å²) in [6, 6.07) is 13.4. The Kier molecular flexibility index (Phi) is 5.97. The first kappa shape index (κ1) is 18.8. The Bertz CT molecular complexity index is 871. The second-order valence-corrected chi connectivity index (χ2v) is 6.44. The highest BCUT2D eigenvalue weighted by atomic mass is 16.5. The van der Waals surface area contributed by atoms with Crippen molar-refractivity contribution in [2.75, 3.05) is 21.3 Å². The molecule has 0 N–H and O–H groups in total. The third-order valence-electron chi connectivity index (χ3n) is 4.62. The molecule has 0 spiro atoms. The number of hydrogen-bond donors (Lipinski definition) is 0. The van der Waals surface area contributed by atoms with Crippen LogP contribution in [-0.4, -0.2) is 27.1 Å². The lowest BCUT2D eigenvalue weighted by atomic mass is 9.87. The normalized spacial score (nSPS) is 17.2. The van der Waals surface area contributed by atoms with Crippen LogP contribution in [0.1, 0.15) is 30.4 Å². The van der Waals surface area contributed by atoms with E-state index in [-0.39, 0.29) is 5.78 Å². The first-order valence-corrected chi connectivity index (χ1v) is 8.96. The molecular weight excluding hydrogens is 340 g/mol. The summed E-state index contributed by atoms with van der Waals surface area (Å²) in [5, 5.41) is 0. The summed E-state index contributed by atoms with van der Waals surface area (Å²) in [5.41, 5.74) is 3.51. The van der Waals surface area contributed by atoms with Gasteiger partial charge in [-0.2, -0.15) is 0 Å². The Balaban J connectivity index is 1.90. The van der Waals surface area contributed by atoms with Crippen molar-refractivity contribution in [3.8, 4) is 17.2 Å². The molecule has 3 rings (SSSR count). The number of Topliss-reactive ketones (excluding diaryl/α,β-unsaturated/α-hetero) is 1. The number of carbonyl (C=O) groups excluding carboxylic acids is 1. The highest BCUT2D eigenvalue weighted by Crippen LogP contribution is 2.30. The zero-order valence-electron chi connectivity index (χ0n) is 16.0. The van der Waals surface area contributed by atoms with Gasteiger partial charge in [-0.3, -0.25) is 4.79 Å². The number of allylic oxidation sites excluding steroid dienone is 2. The van der Waals surface area contributed by atoms with Crippen LogP contribution in [-0.2, 0) is 4.79 Å². The maximum atomic E-state index is 13.0. The van der Waals surface area contributed by atoms with E-state index in [0.717, 1.165) is 47.3 Å². The Morgan fingerprint density at radius 2 is 1.30 bits per heavy atom. The van der Waals surface area contributed by atoms with Crippen LogP contribution in [0.25, 0.3) is 12.2 Å². The molecule has 4 heteroatoms. The number of ether oxygens (including phenoxy) is 3. The molecule has 0 bridgehead atoms. The van der Waals surface area contributed by atoms with E-state index in [0.29, 0.717) is 11.5 Å². The third kappa shape index (κ3) is 4.59. The quantitative estimate of drug-likeness (QED) is 0.706. The van der Waals surface area contributed by atoms with Crippen molar-refractivity contribution in [1.82, 2.24) is 0 Å². The van der Waals surface area contributed by atoms with Gasteiger partial charge in [-0.1, -0.05) is 12.1 Å². The van der Waals surface area contributed by atoms with Gasteiger partial charge in [0, 0.05) is 17.2 Å². The van der Waals surface area contributed by atoms with Gasteiger partial charge in [-0.25, -0.2) is 0 Å². The van der Waals surface area contributed by atoms with Gasteiger partial charge in [0.15, 0.2) is 5.78 Å². The maximum Gasteiger partial charge on any atom is 0.185 e. The number of rotatable bonds is 5. The monoisotopic (exact) mass is 364 g/mol. The van der Waals surface area contributed by atoms with E-state index in [1.54, 1.807) is 21.3 Å². The molecule has 1 saturated carbocycles. The Hall–Kier alpha value is -3.01. The molecule has 0 saturated heterocycles. The van der Waals surface area contributed by atoms with Crippen molar-refractivity contribution in [3.63, 3.8) is 0 Å². The Labute approximate surface area is 160 Å². The molecule has 0 heterocycles. The molecule has 0 radical (unpaired) electrons. The zero-order chi connectivity index (χ0) is 19.2. The van der Waals surface area contributed by atoms with Gasteiger partial charge < -0.3 is 14.2 Å². The number of hydrogen-bond acceptors (Lipinski definition) is 4. The minimum atomic E-state index is 0.103. The van der Waals surface area contributed by atoms with Crippen molar-refractivity contribution in [2.24, 2.45) is 0 Å². The standard InChI is InChI=1S/C23H24O4/c1-25-20-9-4-6-16(12-20)10-18-7-5-8-19(23(18)24)11-17-13-21(26-2)15-22(14-17)27-3/h4,6,9-15H,5,7-8H2,1-3H3/b18-10+,19-11+. The number of carbonyl (C=O) groups is 1. The number of ketones is 1. The van der Waals surface area contributed by atoms with E-state index in [1.165, 1.54) is 0 Å². The van der Waals surface area contributed by atoms with E-state index in [2.05, 4.69) is 0 Å². The van der Waals surface area contributed by atoms with Crippen molar-refractivity contribution in [1.29, 1.82) is 0 Å². The summed E-state index contributed by atoms with van der Waals surface area (Å²) in [6.07, 6.45) is 6.41. The lowest BCUT2D eigenvalue weighted by molar-refractivity contribution is -0.112. The van der Waals surface area contributed by atoms with E-state index >= 15 is 0 Å². The second-order valence-electron chi connectivity index (χ2n) is 6.44. The summed E-state index contributed by atoms with van der Waals surface area (Å²) >= 11 is 0. The molecule has 0 aromatic heterocycles. The van der Waals surface area contributed by atoms with Gasteiger partial charge in [0.1, 0.15) is 17.2 Å². The first-order chi connectivity index (χ1) is 13.1. The minimum absolute atomic E-state index is 0.103. The van der Waals surface area contributed by atoms with Crippen LogP contribution >= 0.6 is 0 Å². The van der Waals surface area contributed by atoms with Gasteiger partial charge in [0.25, 0.3) is 0 Å². The molecule has 2 aromatic rings.